The number of carbonyl (C=O) groups is 2. The summed E-state index contributed by atoms with van der Waals surface area (Å²) >= 11 is 0. The molecule has 0 spiro atoms. The summed E-state index contributed by atoms with van der Waals surface area (Å²) in [5.74, 6) is -0.372. The minimum atomic E-state index is -0.307. The van der Waals surface area contributed by atoms with E-state index in [0.717, 1.165) is 25.3 Å². The summed E-state index contributed by atoms with van der Waals surface area (Å²) < 4.78 is 6.71. The lowest BCUT2D eigenvalue weighted by molar-refractivity contribution is -0.140. The Labute approximate surface area is 161 Å². The van der Waals surface area contributed by atoms with Crippen LogP contribution in [0.5, 0.6) is 0 Å². The van der Waals surface area contributed by atoms with Gasteiger partial charge in [-0.05, 0) is 49.5 Å². The normalized spacial score (nSPS) is 10.8. The standard InChI is InChI=1S/C21H29N3O3/c1-4-22(5-2)16-17-24(15-12-20(25)27-3)21(26)18-8-10-19(11-9-18)23-13-6-7-14-23/h6-11,13-14H,4-5,12,15-17H2,1-3H3. The van der Waals surface area contributed by atoms with Crippen molar-refractivity contribution in [3.63, 3.8) is 0 Å². The highest BCUT2D eigenvalue weighted by Crippen LogP contribution is 2.12. The molecular formula is C21H29N3O3. The summed E-state index contributed by atoms with van der Waals surface area (Å²) in [6.07, 6.45) is 4.12. The molecule has 1 aromatic heterocycles. The van der Waals surface area contributed by atoms with Crippen LogP contribution in [0.3, 0.4) is 0 Å². The van der Waals surface area contributed by atoms with Gasteiger partial charge in [0.2, 0.25) is 0 Å². The zero-order valence-corrected chi connectivity index (χ0v) is 16.4. The third-order valence-corrected chi connectivity index (χ3v) is 4.70. The molecule has 0 aliphatic carbocycles. The maximum absolute atomic E-state index is 13.0. The Kier molecular flexibility index (Phi) is 8.07. The van der Waals surface area contributed by atoms with E-state index < -0.39 is 0 Å². The number of carbonyl (C=O) groups excluding carboxylic acids is 2. The molecule has 0 saturated heterocycles. The van der Waals surface area contributed by atoms with Gasteiger partial charge in [0, 0.05) is 43.3 Å². The largest absolute Gasteiger partial charge is 0.469 e. The molecule has 0 bridgehead atoms. The Morgan fingerprint density at radius 1 is 0.963 bits per heavy atom. The fourth-order valence-corrected chi connectivity index (χ4v) is 2.91. The summed E-state index contributed by atoms with van der Waals surface area (Å²) in [5, 5.41) is 0. The Morgan fingerprint density at radius 3 is 2.15 bits per heavy atom. The number of nitrogens with zero attached hydrogens (tertiary/aromatic N) is 3. The lowest BCUT2D eigenvalue weighted by atomic mass is 10.1. The first-order chi connectivity index (χ1) is 13.1. The summed E-state index contributed by atoms with van der Waals surface area (Å²) in [6.45, 7) is 7.78. The van der Waals surface area contributed by atoms with Gasteiger partial charge in [-0.2, -0.15) is 0 Å². The van der Waals surface area contributed by atoms with Crippen LogP contribution in [0.25, 0.3) is 5.69 Å². The number of aromatic nitrogens is 1. The van der Waals surface area contributed by atoms with Crippen LogP contribution in [0.4, 0.5) is 0 Å². The molecule has 1 aromatic carbocycles. The Balaban J connectivity index is 2.09. The van der Waals surface area contributed by atoms with Gasteiger partial charge in [0.05, 0.1) is 13.5 Å². The fourth-order valence-electron chi connectivity index (χ4n) is 2.91. The zero-order chi connectivity index (χ0) is 19.6. The number of hydrogen-bond donors (Lipinski definition) is 0. The van der Waals surface area contributed by atoms with Crippen molar-refractivity contribution in [2.45, 2.75) is 20.3 Å². The molecular weight excluding hydrogens is 342 g/mol. The molecule has 27 heavy (non-hydrogen) atoms. The molecule has 6 nitrogen and oxygen atoms in total. The van der Waals surface area contributed by atoms with E-state index in [-0.39, 0.29) is 18.3 Å². The van der Waals surface area contributed by atoms with Crippen LogP contribution < -0.4 is 0 Å². The lowest BCUT2D eigenvalue weighted by Crippen LogP contribution is -2.39. The smallest absolute Gasteiger partial charge is 0.307 e. The summed E-state index contributed by atoms with van der Waals surface area (Å²) in [6, 6.07) is 11.4. The fraction of sp³-hybridized carbons (Fsp3) is 0.429. The van der Waals surface area contributed by atoms with E-state index in [0.29, 0.717) is 18.7 Å². The number of amides is 1. The summed E-state index contributed by atoms with van der Waals surface area (Å²) in [5.41, 5.74) is 1.62. The monoisotopic (exact) mass is 371 g/mol. The highest BCUT2D eigenvalue weighted by atomic mass is 16.5. The Hall–Kier alpha value is -2.60. The van der Waals surface area contributed by atoms with E-state index in [4.69, 9.17) is 4.74 Å². The van der Waals surface area contributed by atoms with Gasteiger partial charge in [0.1, 0.15) is 0 Å². The second-order valence-corrected chi connectivity index (χ2v) is 6.28. The molecule has 0 unspecified atom stereocenters. The van der Waals surface area contributed by atoms with Crippen molar-refractivity contribution in [1.82, 2.24) is 14.4 Å². The second kappa shape index (κ2) is 10.5. The van der Waals surface area contributed by atoms with Gasteiger partial charge in [-0.1, -0.05) is 13.8 Å². The van der Waals surface area contributed by atoms with Crippen molar-refractivity contribution in [2.75, 3.05) is 39.8 Å². The molecule has 0 aliphatic heterocycles. The van der Waals surface area contributed by atoms with Crippen LogP contribution in [0.2, 0.25) is 0 Å². The molecule has 2 rings (SSSR count). The zero-order valence-electron chi connectivity index (χ0n) is 16.4. The number of hydrogen-bond acceptors (Lipinski definition) is 4. The van der Waals surface area contributed by atoms with Crippen molar-refractivity contribution in [2.24, 2.45) is 0 Å². The number of methoxy groups -OCH3 is 1. The molecule has 2 aromatic rings. The maximum Gasteiger partial charge on any atom is 0.307 e. The van der Waals surface area contributed by atoms with E-state index >= 15 is 0 Å². The van der Waals surface area contributed by atoms with Crippen LogP contribution in [-0.4, -0.2) is 66.1 Å². The number of benzene rings is 1. The highest BCUT2D eigenvalue weighted by molar-refractivity contribution is 5.94. The number of esters is 1. The number of ether oxygens (including phenoxy) is 1. The molecule has 146 valence electrons. The number of rotatable bonds is 10. The van der Waals surface area contributed by atoms with E-state index in [2.05, 4.69) is 18.7 Å². The molecule has 0 aliphatic rings. The summed E-state index contributed by atoms with van der Waals surface area (Å²) in [4.78, 5) is 28.5. The quantitative estimate of drug-likeness (QED) is 0.603. The van der Waals surface area contributed by atoms with E-state index in [9.17, 15) is 9.59 Å². The van der Waals surface area contributed by atoms with Gasteiger partial charge in [0.15, 0.2) is 0 Å². The number of likely N-dealkylation sites (N-methyl/N-ethyl adjacent to an activating group) is 1. The predicted molar refractivity (Wildman–Crippen MR) is 106 cm³/mol. The first-order valence-corrected chi connectivity index (χ1v) is 9.40. The van der Waals surface area contributed by atoms with Crippen LogP contribution >= 0.6 is 0 Å². The third kappa shape index (κ3) is 5.96. The van der Waals surface area contributed by atoms with Gasteiger partial charge >= 0.3 is 5.97 Å². The SMILES string of the molecule is CCN(CC)CCN(CCC(=O)OC)C(=O)c1ccc(-n2cccc2)cc1. The van der Waals surface area contributed by atoms with E-state index in [1.165, 1.54) is 7.11 Å². The molecule has 0 radical (unpaired) electrons. The maximum atomic E-state index is 13.0. The van der Waals surface area contributed by atoms with Crippen molar-refractivity contribution in [3.8, 4) is 5.69 Å². The molecule has 0 atom stereocenters. The minimum Gasteiger partial charge on any atom is -0.469 e. The van der Waals surface area contributed by atoms with Gasteiger partial charge in [-0.3, -0.25) is 9.59 Å². The summed E-state index contributed by atoms with van der Waals surface area (Å²) in [7, 11) is 1.37. The average molecular weight is 371 g/mol. The predicted octanol–water partition coefficient (Wildman–Crippen LogP) is 2.82. The van der Waals surface area contributed by atoms with Crippen molar-refractivity contribution in [1.29, 1.82) is 0 Å². The lowest BCUT2D eigenvalue weighted by Gasteiger charge is -2.26. The van der Waals surface area contributed by atoms with Crippen LogP contribution in [0, 0.1) is 0 Å². The molecule has 6 heteroatoms. The molecule has 0 N–H and O–H groups in total. The Morgan fingerprint density at radius 2 is 1.59 bits per heavy atom. The van der Waals surface area contributed by atoms with E-state index in [1.54, 1.807) is 4.90 Å². The van der Waals surface area contributed by atoms with Crippen LogP contribution in [0.1, 0.15) is 30.6 Å². The van der Waals surface area contributed by atoms with E-state index in [1.807, 2.05) is 53.4 Å². The topological polar surface area (TPSA) is 54.8 Å². The second-order valence-electron chi connectivity index (χ2n) is 6.28. The average Bonchev–Trinajstić information content (AvgIpc) is 3.25. The molecule has 0 fully saturated rings. The first-order valence-electron chi connectivity index (χ1n) is 9.40. The van der Waals surface area contributed by atoms with Gasteiger partial charge < -0.3 is 19.1 Å². The molecule has 0 saturated carbocycles. The van der Waals surface area contributed by atoms with Gasteiger partial charge in [-0.15, -0.1) is 0 Å². The van der Waals surface area contributed by atoms with Crippen molar-refractivity contribution < 1.29 is 14.3 Å². The van der Waals surface area contributed by atoms with Crippen molar-refractivity contribution in [3.05, 3.63) is 54.4 Å². The highest BCUT2D eigenvalue weighted by Gasteiger charge is 2.18. The van der Waals surface area contributed by atoms with Crippen LogP contribution in [-0.2, 0) is 9.53 Å². The van der Waals surface area contributed by atoms with Crippen LogP contribution in [0.15, 0.2) is 48.8 Å². The van der Waals surface area contributed by atoms with Gasteiger partial charge in [-0.25, -0.2) is 0 Å². The Bertz CT molecular complexity index is 707. The van der Waals surface area contributed by atoms with Crippen molar-refractivity contribution >= 4 is 11.9 Å². The van der Waals surface area contributed by atoms with Gasteiger partial charge in [0.25, 0.3) is 5.91 Å². The minimum absolute atomic E-state index is 0.0647. The third-order valence-electron chi connectivity index (χ3n) is 4.70. The first kappa shape index (κ1) is 20.7. The molecule has 1 heterocycles. The molecule has 1 amide bonds.